The molecule has 26 heavy (non-hydrogen) atoms. The number of rotatable bonds is 6. The maximum absolute atomic E-state index is 13.1. The SMILES string of the molecule is COCC1(CNS(=O)(=O)c2ccc(C#N)c(C(F)(F)F)c2)CCNCC1. The molecule has 0 radical (unpaired) electrons. The molecule has 0 amide bonds. The van der Waals surface area contributed by atoms with Crippen LogP contribution in [0.2, 0.25) is 0 Å². The van der Waals surface area contributed by atoms with Gasteiger partial charge in [-0.3, -0.25) is 0 Å². The van der Waals surface area contributed by atoms with Crippen LogP contribution in [0.1, 0.15) is 24.0 Å². The van der Waals surface area contributed by atoms with Crippen molar-refractivity contribution < 1.29 is 26.3 Å². The van der Waals surface area contributed by atoms with E-state index >= 15 is 0 Å². The van der Waals surface area contributed by atoms with Crippen LogP contribution in [0.3, 0.4) is 0 Å². The molecule has 1 heterocycles. The molecule has 144 valence electrons. The molecule has 0 bridgehead atoms. The summed E-state index contributed by atoms with van der Waals surface area (Å²) in [6, 6.07) is 3.79. The summed E-state index contributed by atoms with van der Waals surface area (Å²) in [5.74, 6) is 0. The Hall–Kier alpha value is -1.67. The molecular weight excluding hydrogens is 371 g/mol. The lowest BCUT2D eigenvalue weighted by Gasteiger charge is -2.37. The van der Waals surface area contributed by atoms with E-state index < -0.39 is 37.6 Å². The summed E-state index contributed by atoms with van der Waals surface area (Å²) in [7, 11) is -2.64. The zero-order valence-corrected chi connectivity index (χ0v) is 15.0. The molecule has 1 saturated heterocycles. The van der Waals surface area contributed by atoms with Gasteiger partial charge >= 0.3 is 6.18 Å². The Morgan fingerprint density at radius 2 is 2.00 bits per heavy atom. The molecule has 2 N–H and O–H groups in total. The molecule has 1 aliphatic rings. The Labute approximate surface area is 150 Å². The van der Waals surface area contributed by atoms with E-state index in [2.05, 4.69) is 10.0 Å². The smallest absolute Gasteiger partial charge is 0.384 e. The first-order valence-electron chi connectivity index (χ1n) is 7.94. The lowest BCUT2D eigenvalue weighted by Crippen LogP contribution is -2.47. The van der Waals surface area contributed by atoms with Crippen molar-refractivity contribution in [1.82, 2.24) is 10.0 Å². The lowest BCUT2D eigenvalue weighted by atomic mass is 9.80. The minimum absolute atomic E-state index is 0.0617. The number of methoxy groups -OCH3 is 1. The van der Waals surface area contributed by atoms with Crippen LogP contribution < -0.4 is 10.0 Å². The molecule has 1 aromatic carbocycles. The van der Waals surface area contributed by atoms with Gasteiger partial charge in [0.15, 0.2) is 0 Å². The van der Waals surface area contributed by atoms with E-state index in [1.54, 1.807) is 0 Å². The zero-order chi connectivity index (χ0) is 19.4. The van der Waals surface area contributed by atoms with Crippen molar-refractivity contribution in [3.05, 3.63) is 29.3 Å². The maximum atomic E-state index is 13.1. The summed E-state index contributed by atoms with van der Waals surface area (Å²) in [6.45, 7) is 1.82. The quantitative estimate of drug-likeness (QED) is 0.773. The first-order valence-corrected chi connectivity index (χ1v) is 9.43. The second-order valence-electron chi connectivity index (χ2n) is 6.32. The maximum Gasteiger partial charge on any atom is 0.417 e. The van der Waals surface area contributed by atoms with E-state index in [1.807, 2.05) is 0 Å². The van der Waals surface area contributed by atoms with Crippen molar-refractivity contribution in [2.24, 2.45) is 5.41 Å². The molecule has 1 aromatic rings. The number of piperidine rings is 1. The highest BCUT2D eigenvalue weighted by molar-refractivity contribution is 7.89. The van der Waals surface area contributed by atoms with Crippen LogP contribution in [0.15, 0.2) is 23.1 Å². The van der Waals surface area contributed by atoms with Gasteiger partial charge in [-0.1, -0.05) is 0 Å². The molecular formula is C16H20F3N3O3S. The zero-order valence-electron chi connectivity index (χ0n) is 14.2. The average Bonchev–Trinajstić information content (AvgIpc) is 2.60. The third kappa shape index (κ3) is 4.73. The fraction of sp³-hybridized carbons (Fsp3) is 0.562. The Kier molecular flexibility index (Phi) is 6.29. The lowest BCUT2D eigenvalue weighted by molar-refractivity contribution is -0.137. The van der Waals surface area contributed by atoms with Gasteiger partial charge in [0.05, 0.1) is 28.7 Å². The van der Waals surface area contributed by atoms with E-state index in [0.717, 1.165) is 12.1 Å². The van der Waals surface area contributed by atoms with E-state index in [-0.39, 0.29) is 6.54 Å². The normalized spacial score (nSPS) is 17.7. The van der Waals surface area contributed by atoms with Crippen LogP contribution in [0.5, 0.6) is 0 Å². The van der Waals surface area contributed by atoms with Crippen LogP contribution in [0.4, 0.5) is 13.2 Å². The van der Waals surface area contributed by atoms with Crippen LogP contribution in [-0.4, -0.2) is 41.8 Å². The topological polar surface area (TPSA) is 91.2 Å². The molecule has 6 nitrogen and oxygen atoms in total. The van der Waals surface area contributed by atoms with Crippen LogP contribution in [0, 0.1) is 16.7 Å². The van der Waals surface area contributed by atoms with Gasteiger partial charge in [-0.15, -0.1) is 0 Å². The number of sulfonamides is 1. The van der Waals surface area contributed by atoms with Crippen molar-refractivity contribution in [1.29, 1.82) is 5.26 Å². The van der Waals surface area contributed by atoms with Crippen molar-refractivity contribution in [3.8, 4) is 6.07 Å². The fourth-order valence-electron chi connectivity index (χ4n) is 2.99. The Morgan fingerprint density at radius 3 is 2.54 bits per heavy atom. The molecule has 0 spiro atoms. The molecule has 1 fully saturated rings. The monoisotopic (exact) mass is 391 g/mol. The number of nitrogens with zero attached hydrogens (tertiary/aromatic N) is 1. The number of nitrogens with one attached hydrogen (secondary N) is 2. The predicted octanol–water partition coefficient (Wildman–Crippen LogP) is 1.87. The molecule has 0 aliphatic carbocycles. The summed E-state index contributed by atoms with van der Waals surface area (Å²) in [4.78, 5) is -0.523. The van der Waals surface area contributed by atoms with Crippen molar-refractivity contribution in [3.63, 3.8) is 0 Å². The van der Waals surface area contributed by atoms with Gasteiger partial charge < -0.3 is 10.1 Å². The van der Waals surface area contributed by atoms with Gasteiger partial charge in [-0.05, 0) is 44.1 Å². The number of halogens is 3. The van der Waals surface area contributed by atoms with E-state index in [4.69, 9.17) is 10.00 Å². The Bertz CT molecular complexity index is 777. The molecule has 0 saturated carbocycles. The first-order chi connectivity index (χ1) is 12.1. The highest BCUT2D eigenvalue weighted by Gasteiger charge is 2.36. The van der Waals surface area contributed by atoms with Gasteiger partial charge in [0.2, 0.25) is 10.0 Å². The summed E-state index contributed by atoms with van der Waals surface area (Å²) in [6.07, 6.45) is -3.45. The van der Waals surface area contributed by atoms with Crippen molar-refractivity contribution in [2.45, 2.75) is 23.9 Å². The standard InChI is InChI=1S/C16H20F3N3O3S/c1-25-11-15(4-6-21-7-5-15)10-22-26(23,24)13-3-2-12(9-20)14(8-13)16(17,18)19/h2-3,8,21-22H,4-7,10-11H2,1H3. The second-order valence-corrected chi connectivity index (χ2v) is 8.09. The third-order valence-corrected chi connectivity index (χ3v) is 5.88. The number of hydrogen-bond acceptors (Lipinski definition) is 5. The minimum Gasteiger partial charge on any atom is -0.384 e. The number of nitriles is 1. The van der Waals surface area contributed by atoms with Gasteiger partial charge in [0, 0.05) is 19.1 Å². The molecule has 0 atom stereocenters. The number of hydrogen-bond donors (Lipinski definition) is 2. The van der Waals surface area contributed by atoms with Crippen molar-refractivity contribution in [2.75, 3.05) is 33.4 Å². The van der Waals surface area contributed by atoms with E-state index in [1.165, 1.54) is 13.2 Å². The summed E-state index contributed by atoms with van der Waals surface area (Å²) >= 11 is 0. The van der Waals surface area contributed by atoms with E-state index in [9.17, 15) is 21.6 Å². The highest BCUT2D eigenvalue weighted by Crippen LogP contribution is 2.34. The Morgan fingerprint density at radius 1 is 1.35 bits per heavy atom. The van der Waals surface area contributed by atoms with Gasteiger partial charge in [0.1, 0.15) is 0 Å². The Balaban J connectivity index is 2.26. The average molecular weight is 391 g/mol. The molecule has 0 aromatic heterocycles. The highest BCUT2D eigenvalue weighted by atomic mass is 32.2. The molecule has 0 unspecified atom stereocenters. The van der Waals surface area contributed by atoms with Crippen LogP contribution in [-0.2, 0) is 20.9 Å². The third-order valence-electron chi connectivity index (χ3n) is 4.48. The largest absolute Gasteiger partial charge is 0.417 e. The van der Waals surface area contributed by atoms with Gasteiger partial charge in [-0.2, -0.15) is 18.4 Å². The predicted molar refractivity (Wildman–Crippen MR) is 87.8 cm³/mol. The van der Waals surface area contributed by atoms with E-state index in [0.29, 0.717) is 38.6 Å². The fourth-order valence-corrected chi connectivity index (χ4v) is 4.17. The molecule has 2 rings (SSSR count). The molecule has 10 heteroatoms. The number of ether oxygens (including phenoxy) is 1. The summed E-state index contributed by atoms with van der Waals surface area (Å²) < 4.78 is 71.7. The van der Waals surface area contributed by atoms with Gasteiger partial charge in [-0.25, -0.2) is 13.1 Å². The number of benzene rings is 1. The van der Waals surface area contributed by atoms with Crippen LogP contribution >= 0.6 is 0 Å². The van der Waals surface area contributed by atoms with Crippen LogP contribution in [0.25, 0.3) is 0 Å². The summed E-state index contributed by atoms with van der Waals surface area (Å²) in [5.41, 5.74) is -2.30. The van der Waals surface area contributed by atoms with Gasteiger partial charge in [0.25, 0.3) is 0 Å². The number of alkyl halides is 3. The minimum atomic E-state index is -4.82. The van der Waals surface area contributed by atoms with Crippen molar-refractivity contribution >= 4 is 10.0 Å². The first kappa shape index (κ1) is 20.6. The summed E-state index contributed by atoms with van der Waals surface area (Å²) in [5, 5.41) is 12.0. The second kappa shape index (κ2) is 7.92. The molecule has 1 aliphatic heterocycles.